The molecule has 0 saturated heterocycles. The van der Waals surface area contributed by atoms with Gasteiger partial charge in [-0.3, -0.25) is 4.79 Å². The van der Waals surface area contributed by atoms with E-state index < -0.39 is 17.7 Å². The summed E-state index contributed by atoms with van der Waals surface area (Å²) in [5.74, 6) is -0.512. The third-order valence-electron chi connectivity index (χ3n) is 5.67. The van der Waals surface area contributed by atoms with Gasteiger partial charge in [0.15, 0.2) is 0 Å². The molecule has 2 aromatic rings. The monoisotopic (exact) mass is 421 g/mol. The van der Waals surface area contributed by atoms with Crippen molar-refractivity contribution in [1.29, 1.82) is 0 Å². The fourth-order valence-corrected chi connectivity index (χ4v) is 3.86. The molecule has 0 radical (unpaired) electrons. The van der Waals surface area contributed by atoms with Crippen LogP contribution in [0.5, 0.6) is 0 Å². The first kappa shape index (κ1) is 20.6. The third-order valence-corrected chi connectivity index (χ3v) is 5.67. The number of carbonyl (C=O) groups excluding carboxylic acids is 1. The molecule has 0 atom stereocenters. The van der Waals surface area contributed by atoms with E-state index >= 15 is 0 Å². The maximum Gasteiger partial charge on any atom is 0.433 e. The zero-order valence-electron chi connectivity index (χ0n) is 16.3. The summed E-state index contributed by atoms with van der Waals surface area (Å²) in [6, 6.07) is 8.22. The fraction of sp³-hybridized carbons (Fsp3) is 0.455. The van der Waals surface area contributed by atoms with Crippen molar-refractivity contribution in [2.24, 2.45) is 0 Å². The molecule has 2 aliphatic carbocycles. The Morgan fingerprint density at radius 2 is 1.57 bits per heavy atom. The predicted octanol–water partition coefficient (Wildman–Crippen LogP) is 5.27. The van der Waals surface area contributed by atoms with Gasteiger partial charge in [0.05, 0.1) is 0 Å². The van der Waals surface area contributed by atoms with Crippen LogP contribution in [0.3, 0.4) is 0 Å². The van der Waals surface area contributed by atoms with E-state index in [1.165, 1.54) is 24.3 Å². The highest BCUT2D eigenvalue weighted by molar-refractivity contribution is 5.94. The van der Waals surface area contributed by atoms with E-state index in [1.807, 2.05) is 0 Å². The molecule has 8 heteroatoms. The van der Waals surface area contributed by atoms with E-state index in [9.17, 15) is 22.4 Å². The van der Waals surface area contributed by atoms with Gasteiger partial charge in [0.2, 0.25) is 0 Å². The van der Waals surface area contributed by atoms with Gasteiger partial charge in [-0.05, 0) is 74.9 Å². The molecule has 4 rings (SSSR count). The predicted molar refractivity (Wildman–Crippen MR) is 105 cm³/mol. The summed E-state index contributed by atoms with van der Waals surface area (Å²) in [6.07, 6.45) is 0.199. The Morgan fingerprint density at radius 1 is 0.933 bits per heavy atom. The SMILES string of the molecule is O=C(N[C@H]1CC[C@@H](Nc2cc(C3CC3)nc(C(F)(F)F)c2)CC1)c1ccc(F)cc1. The lowest BCUT2D eigenvalue weighted by Gasteiger charge is -2.30. The second-order valence-electron chi connectivity index (χ2n) is 8.11. The maximum absolute atomic E-state index is 13.2. The standard InChI is InChI=1S/C22H23F4N3O/c23-15-5-3-14(4-6-15)21(30)28-17-9-7-16(8-10-17)27-18-11-19(13-1-2-13)29-20(12-18)22(24,25)26/h3-6,11-13,16-17H,1-2,7-10H2,(H,27,29)(H,28,30)/t16-,17+. The fourth-order valence-electron chi connectivity index (χ4n) is 3.86. The number of aromatic nitrogens is 1. The topological polar surface area (TPSA) is 54.0 Å². The van der Waals surface area contributed by atoms with Crippen LogP contribution in [0.4, 0.5) is 23.2 Å². The van der Waals surface area contributed by atoms with Crippen LogP contribution in [0.1, 0.15) is 66.2 Å². The van der Waals surface area contributed by atoms with E-state index in [-0.39, 0.29) is 23.9 Å². The number of pyridine rings is 1. The van der Waals surface area contributed by atoms with E-state index in [0.29, 0.717) is 16.9 Å². The number of carbonyl (C=O) groups is 1. The Labute approximate surface area is 172 Å². The number of nitrogens with one attached hydrogen (secondary N) is 2. The van der Waals surface area contributed by atoms with Gasteiger partial charge in [0, 0.05) is 34.9 Å². The lowest BCUT2D eigenvalue weighted by molar-refractivity contribution is -0.141. The van der Waals surface area contributed by atoms with Gasteiger partial charge in [0.1, 0.15) is 11.5 Å². The molecule has 1 aromatic heterocycles. The van der Waals surface area contributed by atoms with Gasteiger partial charge in [0.25, 0.3) is 5.91 Å². The highest BCUT2D eigenvalue weighted by Crippen LogP contribution is 2.41. The highest BCUT2D eigenvalue weighted by Gasteiger charge is 2.35. The molecular formula is C22H23F4N3O. The summed E-state index contributed by atoms with van der Waals surface area (Å²) in [5, 5.41) is 6.19. The highest BCUT2D eigenvalue weighted by atomic mass is 19.4. The molecular weight excluding hydrogens is 398 g/mol. The Balaban J connectivity index is 1.34. The number of anilines is 1. The van der Waals surface area contributed by atoms with Crippen molar-refractivity contribution >= 4 is 11.6 Å². The van der Waals surface area contributed by atoms with Gasteiger partial charge in [-0.1, -0.05) is 0 Å². The number of nitrogens with zero attached hydrogens (tertiary/aromatic N) is 1. The first-order valence-corrected chi connectivity index (χ1v) is 10.2. The number of hydrogen-bond donors (Lipinski definition) is 2. The van der Waals surface area contributed by atoms with Crippen LogP contribution in [-0.2, 0) is 6.18 Å². The Morgan fingerprint density at radius 3 is 2.17 bits per heavy atom. The van der Waals surface area contributed by atoms with E-state index in [2.05, 4.69) is 15.6 Å². The quantitative estimate of drug-likeness (QED) is 0.647. The minimum atomic E-state index is -4.47. The molecule has 2 saturated carbocycles. The average molecular weight is 421 g/mol. The molecule has 4 nitrogen and oxygen atoms in total. The number of halogens is 4. The lowest BCUT2D eigenvalue weighted by atomic mass is 9.90. The molecule has 2 N–H and O–H groups in total. The summed E-state index contributed by atoms with van der Waals surface area (Å²) in [4.78, 5) is 16.1. The first-order valence-electron chi connectivity index (χ1n) is 10.2. The zero-order valence-corrected chi connectivity index (χ0v) is 16.3. The third kappa shape index (κ3) is 5.09. The summed E-state index contributed by atoms with van der Waals surface area (Å²) in [5.41, 5.74) is 0.515. The number of alkyl halides is 3. The zero-order chi connectivity index (χ0) is 21.3. The molecule has 0 bridgehead atoms. The van der Waals surface area contributed by atoms with E-state index in [1.54, 1.807) is 6.07 Å². The second kappa shape index (κ2) is 8.24. The molecule has 1 amide bonds. The number of hydrogen-bond acceptors (Lipinski definition) is 3. The van der Waals surface area contributed by atoms with Crippen molar-refractivity contribution in [2.75, 3.05) is 5.32 Å². The molecule has 0 unspecified atom stereocenters. The largest absolute Gasteiger partial charge is 0.433 e. The van der Waals surface area contributed by atoms with Gasteiger partial charge < -0.3 is 10.6 Å². The number of rotatable bonds is 5. The van der Waals surface area contributed by atoms with Crippen molar-refractivity contribution in [1.82, 2.24) is 10.3 Å². The molecule has 0 spiro atoms. The van der Waals surface area contributed by atoms with Crippen molar-refractivity contribution in [3.8, 4) is 0 Å². The van der Waals surface area contributed by atoms with Crippen molar-refractivity contribution in [2.45, 2.75) is 62.7 Å². The van der Waals surface area contributed by atoms with Gasteiger partial charge >= 0.3 is 6.18 Å². The Bertz CT molecular complexity index is 902. The number of amides is 1. The van der Waals surface area contributed by atoms with E-state index in [4.69, 9.17) is 0 Å². The first-order chi connectivity index (χ1) is 14.3. The van der Waals surface area contributed by atoms with Crippen LogP contribution in [0.2, 0.25) is 0 Å². The van der Waals surface area contributed by atoms with Gasteiger partial charge in [-0.15, -0.1) is 0 Å². The van der Waals surface area contributed by atoms with Gasteiger partial charge in [-0.25, -0.2) is 9.37 Å². The lowest BCUT2D eigenvalue weighted by Crippen LogP contribution is -2.40. The summed E-state index contributed by atoms with van der Waals surface area (Å²) in [6.45, 7) is 0. The van der Waals surface area contributed by atoms with Crippen LogP contribution >= 0.6 is 0 Å². The van der Waals surface area contributed by atoms with Crippen LogP contribution in [-0.4, -0.2) is 23.0 Å². The Hall–Kier alpha value is -2.64. The number of benzene rings is 1. The van der Waals surface area contributed by atoms with E-state index in [0.717, 1.165) is 44.6 Å². The molecule has 2 fully saturated rings. The van der Waals surface area contributed by atoms with Crippen LogP contribution in [0.25, 0.3) is 0 Å². The second-order valence-corrected chi connectivity index (χ2v) is 8.11. The molecule has 30 heavy (non-hydrogen) atoms. The molecule has 160 valence electrons. The normalized spacial score (nSPS) is 21.9. The van der Waals surface area contributed by atoms with Crippen molar-refractivity contribution in [3.05, 3.63) is 59.2 Å². The van der Waals surface area contributed by atoms with Crippen LogP contribution < -0.4 is 10.6 Å². The minimum absolute atomic E-state index is 0.00851. The molecule has 1 heterocycles. The molecule has 0 aliphatic heterocycles. The van der Waals surface area contributed by atoms with Crippen LogP contribution in [0.15, 0.2) is 36.4 Å². The summed E-state index contributed by atoms with van der Waals surface area (Å²) >= 11 is 0. The summed E-state index contributed by atoms with van der Waals surface area (Å²) in [7, 11) is 0. The van der Waals surface area contributed by atoms with Crippen LogP contribution in [0, 0.1) is 5.82 Å². The minimum Gasteiger partial charge on any atom is -0.382 e. The Kier molecular flexibility index (Phi) is 5.66. The van der Waals surface area contributed by atoms with Gasteiger partial charge in [-0.2, -0.15) is 13.2 Å². The smallest absolute Gasteiger partial charge is 0.382 e. The average Bonchev–Trinajstić information content (AvgIpc) is 3.54. The maximum atomic E-state index is 13.2. The van der Waals surface area contributed by atoms with Crippen molar-refractivity contribution in [3.63, 3.8) is 0 Å². The molecule has 2 aliphatic rings. The van der Waals surface area contributed by atoms with Crippen molar-refractivity contribution < 1.29 is 22.4 Å². The molecule has 1 aromatic carbocycles. The summed E-state index contributed by atoms with van der Waals surface area (Å²) < 4.78 is 52.6.